The minimum absolute atomic E-state index is 0.147. The molecular formula is C19H20N2OS2. The van der Waals surface area contributed by atoms with E-state index in [1.165, 1.54) is 4.88 Å². The van der Waals surface area contributed by atoms with E-state index in [4.69, 9.17) is 0 Å². The lowest BCUT2D eigenvalue weighted by Gasteiger charge is -2.17. The second-order valence-corrected chi connectivity index (χ2v) is 8.52. The van der Waals surface area contributed by atoms with Crippen LogP contribution in [0, 0.1) is 17.2 Å². The molecule has 1 aliphatic rings. The first-order valence-corrected chi connectivity index (χ1v) is 10.0. The molecule has 0 spiro atoms. The van der Waals surface area contributed by atoms with Crippen molar-refractivity contribution in [3.05, 3.63) is 45.8 Å². The number of fused-ring (bicyclic) bond motifs is 1. The van der Waals surface area contributed by atoms with Gasteiger partial charge in [-0.15, -0.1) is 23.1 Å². The lowest BCUT2D eigenvalue weighted by molar-refractivity contribution is 0.102. The number of rotatable bonds is 4. The van der Waals surface area contributed by atoms with Crippen molar-refractivity contribution >= 4 is 34.0 Å². The number of anilines is 1. The molecule has 2 aromatic rings. The Balaban J connectivity index is 1.80. The molecule has 1 heterocycles. The number of nitrogens with zero attached hydrogens (tertiary/aromatic N) is 1. The van der Waals surface area contributed by atoms with E-state index in [9.17, 15) is 10.1 Å². The molecule has 1 unspecified atom stereocenters. The van der Waals surface area contributed by atoms with Crippen LogP contribution in [0.1, 0.15) is 46.6 Å². The number of hydrogen-bond donors (Lipinski definition) is 1. The second kappa shape index (κ2) is 7.42. The highest BCUT2D eigenvalue weighted by Gasteiger charge is 2.24. The van der Waals surface area contributed by atoms with Crippen LogP contribution in [0.4, 0.5) is 5.00 Å². The molecule has 0 fully saturated rings. The number of carbonyl (C=O) groups is 1. The number of nitriles is 1. The average Bonchev–Trinajstić information content (AvgIpc) is 2.91. The molecular weight excluding hydrogens is 336 g/mol. The van der Waals surface area contributed by atoms with E-state index in [1.54, 1.807) is 23.1 Å². The number of nitrogens with one attached hydrogen (secondary N) is 1. The highest BCUT2D eigenvalue weighted by atomic mass is 32.2. The van der Waals surface area contributed by atoms with Crippen LogP contribution < -0.4 is 5.32 Å². The SMILES string of the molecule is CCSc1ccc(C(=O)Nc2sc3c(c2C#N)CCC(C)C3)cc1. The van der Waals surface area contributed by atoms with Gasteiger partial charge in [-0.3, -0.25) is 4.79 Å². The van der Waals surface area contributed by atoms with Crippen LogP contribution in [0.3, 0.4) is 0 Å². The molecule has 1 N–H and O–H groups in total. The van der Waals surface area contributed by atoms with Crippen LogP contribution in [-0.4, -0.2) is 11.7 Å². The van der Waals surface area contributed by atoms with Crippen molar-refractivity contribution in [3.63, 3.8) is 0 Å². The van der Waals surface area contributed by atoms with Gasteiger partial charge in [0.15, 0.2) is 0 Å². The maximum absolute atomic E-state index is 12.5. The molecule has 0 saturated carbocycles. The fourth-order valence-electron chi connectivity index (χ4n) is 3.00. The van der Waals surface area contributed by atoms with E-state index >= 15 is 0 Å². The lowest BCUT2D eigenvalue weighted by atomic mass is 9.88. The summed E-state index contributed by atoms with van der Waals surface area (Å²) in [6.07, 6.45) is 3.06. The third-order valence-electron chi connectivity index (χ3n) is 4.28. The molecule has 1 aromatic carbocycles. The van der Waals surface area contributed by atoms with Gasteiger partial charge in [-0.1, -0.05) is 13.8 Å². The van der Waals surface area contributed by atoms with Gasteiger partial charge in [0.25, 0.3) is 5.91 Å². The third kappa shape index (κ3) is 3.50. The van der Waals surface area contributed by atoms with Crippen LogP contribution in [0.5, 0.6) is 0 Å². The van der Waals surface area contributed by atoms with E-state index in [2.05, 4.69) is 25.2 Å². The monoisotopic (exact) mass is 356 g/mol. The zero-order chi connectivity index (χ0) is 17.1. The van der Waals surface area contributed by atoms with E-state index in [1.807, 2.05) is 24.3 Å². The van der Waals surface area contributed by atoms with Crippen molar-refractivity contribution in [2.45, 2.75) is 38.0 Å². The standard InChI is InChI=1S/C19H20N2OS2/c1-3-23-14-7-5-13(6-8-14)18(22)21-19-16(11-20)15-9-4-12(2)10-17(15)24-19/h5-8,12H,3-4,9-10H2,1-2H3,(H,21,22). The predicted molar refractivity (Wildman–Crippen MR) is 101 cm³/mol. The summed E-state index contributed by atoms with van der Waals surface area (Å²) in [6.45, 7) is 4.34. The first-order chi connectivity index (χ1) is 11.6. The predicted octanol–water partition coefficient (Wildman–Crippen LogP) is 5.11. The number of benzene rings is 1. The summed E-state index contributed by atoms with van der Waals surface area (Å²) < 4.78 is 0. The summed E-state index contributed by atoms with van der Waals surface area (Å²) in [6, 6.07) is 9.91. The van der Waals surface area contributed by atoms with E-state index in [0.29, 0.717) is 22.0 Å². The maximum Gasteiger partial charge on any atom is 0.256 e. The van der Waals surface area contributed by atoms with Crippen molar-refractivity contribution in [3.8, 4) is 6.07 Å². The molecule has 1 amide bonds. The fraction of sp³-hybridized carbons (Fsp3) is 0.368. The number of hydrogen-bond acceptors (Lipinski definition) is 4. The average molecular weight is 357 g/mol. The molecule has 1 aromatic heterocycles. The highest BCUT2D eigenvalue weighted by Crippen LogP contribution is 2.39. The Morgan fingerprint density at radius 2 is 2.17 bits per heavy atom. The van der Waals surface area contributed by atoms with Gasteiger partial charge in [0.1, 0.15) is 11.1 Å². The van der Waals surface area contributed by atoms with Gasteiger partial charge in [-0.25, -0.2) is 0 Å². The summed E-state index contributed by atoms with van der Waals surface area (Å²) in [5.41, 5.74) is 2.43. The molecule has 0 aliphatic heterocycles. The van der Waals surface area contributed by atoms with E-state index in [-0.39, 0.29) is 5.91 Å². The van der Waals surface area contributed by atoms with Gasteiger partial charge in [-0.2, -0.15) is 5.26 Å². The molecule has 0 saturated heterocycles. The zero-order valence-corrected chi connectivity index (χ0v) is 15.5. The van der Waals surface area contributed by atoms with Gasteiger partial charge < -0.3 is 5.32 Å². The summed E-state index contributed by atoms with van der Waals surface area (Å²) >= 11 is 3.32. The number of thiophene rings is 1. The van der Waals surface area contributed by atoms with Crippen LogP contribution >= 0.6 is 23.1 Å². The number of amides is 1. The zero-order valence-electron chi connectivity index (χ0n) is 13.9. The smallest absolute Gasteiger partial charge is 0.256 e. The van der Waals surface area contributed by atoms with Crippen molar-refractivity contribution in [1.29, 1.82) is 5.26 Å². The summed E-state index contributed by atoms with van der Waals surface area (Å²) in [5.74, 6) is 1.51. The Kier molecular flexibility index (Phi) is 5.27. The minimum atomic E-state index is -0.147. The molecule has 1 aliphatic carbocycles. The van der Waals surface area contributed by atoms with Crippen molar-refractivity contribution < 1.29 is 4.79 Å². The van der Waals surface area contributed by atoms with Crippen LogP contribution in [0.25, 0.3) is 0 Å². The Labute approximate surface area is 151 Å². The third-order valence-corrected chi connectivity index (χ3v) is 6.34. The Bertz CT molecular complexity index is 787. The van der Waals surface area contributed by atoms with E-state index < -0.39 is 0 Å². The van der Waals surface area contributed by atoms with Crippen molar-refractivity contribution in [2.75, 3.05) is 11.1 Å². The van der Waals surface area contributed by atoms with Gasteiger partial charge in [0, 0.05) is 15.3 Å². The number of thioether (sulfide) groups is 1. The molecule has 3 nitrogen and oxygen atoms in total. The van der Waals surface area contributed by atoms with Crippen molar-refractivity contribution in [1.82, 2.24) is 0 Å². The van der Waals surface area contributed by atoms with Crippen molar-refractivity contribution in [2.24, 2.45) is 5.92 Å². The normalized spacial score (nSPS) is 16.3. The molecule has 24 heavy (non-hydrogen) atoms. The largest absolute Gasteiger partial charge is 0.312 e. The minimum Gasteiger partial charge on any atom is -0.312 e. The Hall–Kier alpha value is -1.77. The lowest BCUT2D eigenvalue weighted by Crippen LogP contribution is -2.12. The molecule has 0 radical (unpaired) electrons. The Morgan fingerprint density at radius 3 is 2.83 bits per heavy atom. The molecule has 0 bridgehead atoms. The summed E-state index contributed by atoms with van der Waals surface area (Å²) in [7, 11) is 0. The summed E-state index contributed by atoms with van der Waals surface area (Å²) in [4.78, 5) is 14.9. The van der Waals surface area contributed by atoms with E-state index in [0.717, 1.165) is 35.5 Å². The molecule has 5 heteroatoms. The second-order valence-electron chi connectivity index (χ2n) is 6.08. The van der Waals surface area contributed by atoms with Gasteiger partial charge in [0.2, 0.25) is 0 Å². The van der Waals surface area contributed by atoms with Crippen LogP contribution in [0.15, 0.2) is 29.2 Å². The fourth-order valence-corrected chi connectivity index (χ4v) is 5.02. The first-order valence-electron chi connectivity index (χ1n) is 8.21. The highest BCUT2D eigenvalue weighted by molar-refractivity contribution is 7.99. The van der Waals surface area contributed by atoms with Crippen LogP contribution in [0.2, 0.25) is 0 Å². The Morgan fingerprint density at radius 1 is 1.42 bits per heavy atom. The van der Waals surface area contributed by atoms with Gasteiger partial charge >= 0.3 is 0 Å². The molecule has 1 atom stereocenters. The van der Waals surface area contributed by atoms with Gasteiger partial charge in [-0.05, 0) is 60.8 Å². The molecule has 124 valence electrons. The van der Waals surface area contributed by atoms with Crippen LogP contribution in [-0.2, 0) is 12.8 Å². The van der Waals surface area contributed by atoms with Gasteiger partial charge in [0.05, 0.1) is 5.56 Å². The topological polar surface area (TPSA) is 52.9 Å². The number of carbonyl (C=O) groups excluding carboxylic acids is 1. The quantitative estimate of drug-likeness (QED) is 0.775. The summed E-state index contributed by atoms with van der Waals surface area (Å²) in [5, 5.41) is 13.2. The molecule has 3 rings (SSSR count). The maximum atomic E-state index is 12.5. The first kappa shape index (κ1) is 17.1.